The molecule has 5 heteroatoms. The zero-order valence-corrected chi connectivity index (χ0v) is 14.9. The van der Waals surface area contributed by atoms with Gasteiger partial charge in [-0.25, -0.2) is 4.79 Å². The summed E-state index contributed by atoms with van der Waals surface area (Å²) in [5.41, 5.74) is -0.304. The summed E-state index contributed by atoms with van der Waals surface area (Å²) in [6, 6.07) is 0. The molecule has 0 bridgehead atoms. The molecule has 2 amide bonds. The van der Waals surface area contributed by atoms with Crippen molar-refractivity contribution in [1.29, 1.82) is 0 Å². The van der Waals surface area contributed by atoms with Crippen LogP contribution in [-0.2, 0) is 4.79 Å². The fourth-order valence-corrected chi connectivity index (χ4v) is 3.74. The van der Waals surface area contributed by atoms with Crippen LogP contribution in [0.2, 0.25) is 0 Å². The van der Waals surface area contributed by atoms with Crippen LogP contribution >= 0.6 is 0 Å². The quantitative estimate of drug-likeness (QED) is 0.843. The summed E-state index contributed by atoms with van der Waals surface area (Å²) in [5.74, 6) is 0.373. The number of carboxylic acid groups (broad SMARTS) is 1. The monoisotopic (exact) mass is 312 g/mol. The molecular formula is C17H32N2O3. The summed E-state index contributed by atoms with van der Waals surface area (Å²) in [4.78, 5) is 27.5. The highest BCUT2D eigenvalue weighted by Gasteiger charge is 2.46. The number of carbonyl (C=O) groups excluding carboxylic acids is 1. The second-order valence-electron chi connectivity index (χ2n) is 7.62. The molecule has 3 atom stereocenters. The minimum Gasteiger partial charge on any atom is -0.465 e. The Balaban J connectivity index is 2.97. The number of hydrogen-bond acceptors (Lipinski definition) is 2. The molecule has 0 aromatic rings. The summed E-state index contributed by atoms with van der Waals surface area (Å²) in [7, 11) is 1.74. The van der Waals surface area contributed by atoms with E-state index in [0.717, 1.165) is 25.7 Å². The number of hydrogen-bond donors (Lipinski definition) is 1. The molecule has 0 aromatic heterocycles. The van der Waals surface area contributed by atoms with Gasteiger partial charge >= 0.3 is 6.09 Å². The van der Waals surface area contributed by atoms with Crippen LogP contribution in [0.25, 0.3) is 0 Å². The van der Waals surface area contributed by atoms with E-state index in [-0.39, 0.29) is 17.2 Å². The smallest absolute Gasteiger partial charge is 0.408 e. The van der Waals surface area contributed by atoms with Crippen molar-refractivity contribution in [2.24, 2.45) is 17.3 Å². The molecule has 1 aliphatic heterocycles. The van der Waals surface area contributed by atoms with E-state index in [1.54, 1.807) is 11.9 Å². The predicted octanol–water partition coefficient (Wildman–Crippen LogP) is 3.64. The van der Waals surface area contributed by atoms with Gasteiger partial charge in [0, 0.05) is 19.0 Å². The van der Waals surface area contributed by atoms with E-state index in [2.05, 4.69) is 13.8 Å². The van der Waals surface area contributed by atoms with Gasteiger partial charge in [-0.1, -0.05) is 53.9 Å². The van der Waals surface area contributed by atoms with E-state index in [1.165, 1.54) is 4.90 Å². The third kappa shape index (κ3) is 4.14. The van der Waals surface area contributed by atoms with Gasteiger partial charge < -0.3 is 10.0 Å². The molecule has 128 valence electrons. The second-order valence-corrected chi connectivity index (χ2v) is 7.62. The van der Waals surface area contributed by atoms with Crippen molar-refractivity contribution in [2.75, 3.05) is 13.6 Å². The molecule has 22 heavy (non-hydrogen) atoms. The van der Waals surface area contributed by atoms with Gasteiger partial charge in [-0.15, -0.1) is 0 Å². The first kappa shape index (κ1) is 18.8. The molecular weight excluding hydrogens is 280 g/mol. The minimum atomic E-state index is -0.937. The van der Waals surface area contributed by atoms with Crippen LogP contribution in [0.4, 0.5) is 4.79 Å². The highest BCUT2D eigenvalue weighted by molar-refractivity contribution is 5.82. The summed E-state index contributed by atoms with van der Waals surface area (Å²) >= 11 is 0. The molecule has 1 heterocycles. The van der Waals surface area contributed by atoms with Gasteiger partial charge in [-0.05, 0) is 12.3 Å². The second kappa shape index (κ2) is 7.34. The van der Waals surface area contributed by atoms with E-state index in [0.29, 0.717) is 12.5 Å². The highest BCUT2D eigenvalue weighted by atomic mass is 16.4. The summed E-state index contributed by atoms with van der Waals surface area (Å²) in [6.07, 6.45) is 2.68. The first-order chi connectivity index (χ1) is 10.1. The SMILES string of the molecule is CCC[C@H](CC)C[C@@H]1CN(C(=O)O)[C@@H](C(C)(C)C)N(C)C1=O. The summed E-state index contributed by atoms with van der Waals surface area (Å²) in [6.45, 7) is 10.5. The Morgan fingerprint density at radius 1 is 1.36 bits per heavy atom. The molecule has 0 aromatic carbocycles. The van der Waals surface area contributed by atoms with E-state index in [1.807, 2.05) is 20.8 Å². The molecule has 1 N–H and O–H groups in total. The zero-order valence-electron chi connectivity index (χ0n) is 14.9. The van der Waals surface area contributed by atoms with E-state index >= 15 is 0 Å². The van der Waals surface area contributed by atoms with Crippen molar-refractivity contribution in [3.63, 3.8) is 0 Å². The standard InChI is InChI=1S/C17H32N2O3/c1-7-9-12(8-2)10-13-11-19(16(21)22)15(17(3,4)5)18(6)14(13)20/h12-13,15H,7-11H2,1-6H3,(H,21,22)/t12-,13+,15-/m0/s1. The number of amides is 2. The maximum absolute atomic E-state index is 12.7. The fraction of sp³-hybridized carbons (Fsp3) is 0.882. The average molecular weight is 312 g/mol. The van der Waals surface area contributed by atoms with Crippen molar-refractivity contribution in [3.05, 3.63) is 0 Å². The van der Waals surface area contributed by atoms with Crippen LogP contribution in [0.1, 0.15) is 60.3 Å². The molecule has 1 rings (SSSR count). The summed E-state index contributed by atoms with van der Waals surface area (Å²) in [5, 5.41) is 9.58. The molecule has 1 aliphatic rings. The van der Waals surface area contributed by atoms with Gasteiger partial charge in [-0.2, -0.15) is 0 Å². The Bertz CT molecular complexity index is 403. The molecule has 0 spiro atoms. The third-order valence-corrected chi connectivity index (χ3v) is 4.69. The first-order valence-corrected chi connectivity index (χ1v) is 8.39. The molecule has 0 aliphatic carbocycles. The lowest BCUT2D eigenvalue weighted by Crippen LogP contribution is -2.64. The lowest BCUT2D eigenvalue weighted by atomic mass is 9.83. The van der Waals surface area contributed by atoms with Crippen molar-refractivity contribution in [1.82, 2.24) is 9.80 Å². The molecule has 0 unspecified atom stereocenters. The predicted molar refractivity (Wildman–Crippen MR) is 87.5 cm³/mol. The first-order valence-electron chi connectivity index (χ1n) is 8.39. The molecule has 1 saturated heterocycles. The molecule has 0 saturated carbocycles. The average Bonchev–Trinajstić information content (AvgIpc) is 2.40. The number of carbonyl (C=O) groups is 2. The van der Waals surface area contributed by atoms with Gasteiger partial charge in [0.1, 0.15) is 6.17 Å². The van der Waals surface area contributed by atoms with E-state index in [9.17, 15) is 14.7 Å². The maximum Gasteiger partial charge on any atom is 0.408 e. The topological polar surface area (TPSA) is 60.9 Å². The number of rotatable bonds is 5. The molecule has 0 radical (unpaired) electrons. The Labute approximate surface area is 134 Å². The zero-order chi connectivity index (χ0) is 17.1. The molecule has 1 fully saturated rings. The van der Waals surface area contributed by atoms with Crippen molar-refractivity contribution in [3.8, 4) is 0 Å². The Kier molecular flexibility index (Phi) is 6.27. The van der Waals surface area contributed by atoms with Gasteiger partial charge in [0.25, 0.3) is 0 Å². The minimum absolute atomic E-state index is 0.0898. The lowest BCUT2D eigenvalue weighted by molar-refractivity contribution is -0.154. The third-order valence-electron chi connectivity index (χ3n) is 4.69. The highest BCUT2D eigenvalue weighted by Crippen LogP contribution is 2.34. The summed E-state index contributed by atoms with van der Waals surface area (Å²) < 4.78 is 0. The Hall–Kier alpha value is -1.26. The van der Waals surface area contributed by atoms with E-state index < -0.39 is 12.3 Å². The Morgan fingerprint density at radius 2 is 1.95 bits per heavy atom. The van der Waals surface area contributed by atoms with Crippen LogP contribution in [0.5, 0.6) is 0 Å². The van der Waals surface area contributed by atoms with Gasteiger partial charge in [-0.3, -0.25) is 9.69 Å². The van der Waals surface area contributed by atoms with Crippen LogP contribution < -0.4 is 0 Å². The Morgan fingerprint density at radius 3 is 2.36 bits per heavy atom. The van der Waals surface area contributed by atoms with Crippen molar-refractivity contribution < 1.29 is 14.7 Å². The van der Waals surface area contributed by atoms with E-state index in [4.69, 9.17) is 0 Å². The van der Waals surface area contributed by atoms with Crippen molar-refractivity contribution in [2.45, 2.75) is 66.5 Å². The number of nitrogens with zero attached hydrogens (tertiary/aromatic N) is 2. The van der Waals surface area contributed by atoms with Gasteiger partial charge in [0.2, 0.25) is 5.91 Å². The van der Waals surface area contributed by atoms with Crippen LogP contribution in [-0.4, -0.2) is 46.7 Å². The van der Waals surface area contributed by atoms with Gasteiger partial charge in [0.15, 0.2) is 0 Å². The fourth-order valence-electron chi connectivity index (χ4n) is 3.74. The maximum atomic E-state index is 12.7. The normalized spacial score (nSPS) is 24.5. The van der Waals surface area contributed by atoms with Crippen LogP contribution in [0.3, 0.4) is 0 Å². The van der Waals surface area contributed by atoms with Gasteiger partial charge in [0.05, 0.1) is 5.92 Å². The largest absolute Gasteiger partial charge is 0.465 e. The molecule has 5 nitrogen and oxygen atoms in total. The lowest BCUT2D eigenvalue weighted by Gasteiger charge is -2.49. The van der Waals surface area contributed by atoms with Crippen LogP contribution in [0.15, 0.2) is 0 Å². The van der Waals surface area contributed by atoms with Crippen molar-refractivity contribution >= 4 is 12.0 Å². The van der Waals surface area contributed by atoms with Crippen LogP contribution in [0, 0.1) is 17.3 Å².